The minimum Gasteiger partial charge on any atom is -0.359 e. The number of nitrogens with zero attached hydrogens (tertiary/aromatic N) is 1. The summed E-state index contributed by atoms with van der Waals surface area (Å²) >= 11 is 0. The van der Waals surface area contributed by atoms with Crippen LogP contribution in [0.3, 0.4) is 0 Å². The predicted octanol–water partition coefficient (Wildman–Crippen LogP) is 2.80. The minimum atomic E-state index is 0.175. The Balaban J connectivity index is 3.01. The lowest BCUT2D eigenvalue weighted by molar-refractivity contribution is -0.120. The van der Waals surface area contributed by atoms with Gasteiger partial charge in [0.25, 0.3) is 0 Å². The van der Waals surface area contributed by atoms with Crippen molar-refractivity contribution in [3.8, 4) is 0 Å². The van der Waals surface area contributed by atoms with Crippen LogP contribution in [0.4, 0.5) is 0 Å². The van der Waals surface area contributed by atoms with Crippen molar-refractivity contribution in [1.29, 1.82) is 0 Å². The van der Waals surface area contributed by atoms with E-state index in [2.05, 4.69) is 24.3 Å². The van der Waals surface area contributed by atoms with Crippen molar-refractivity contribution in [1.82, 2.24) is 10.2 Å². The number of amides is 1. The summed E-state index contributed by atoms with van der Waals surface area (Å²) in [4.78, 5) is 13.2. The van der Waals surface area contributed by atoms with E-state index in [1.54, 1.807) is 7.05 Å². The fraction of sp³-hybridized carbons (Fsp3) is 0.929. The molecule has 0 aliphatic carbocycles. The summed E-state index contributed by atoms with van der Waals surface area (Å²) < 4.78 is 0. The van der Waals surface area contributed by atoms with E-state index < -0.39 is 0 Å². The first-order valence-electron chi connectivity index (χ1n) is 7.02. The smallest absolute Gasteiger partial charge is 0.219 e. The minimum absolute atomic E-state index is 0.175. The third kappa shape index (κ3) is 13.4. The van der Waals surface area contributed by atoms with Gasteiger partial charge in [-0.15, -0.1) is 0 Å². The predicted molar refractivity (Wildman–Crippen MR) is 74.2 cm³/mol. The molecule has 102 valence electrons. The molecule has 3 heteroatoms. The largest absolute Gasteiger partial charge is 0.359 e. The highest BCUT2D eigenvalue weighted by atomic mass is 16.1. The Kier molecular flexibility index (Phi) is 11.5. The zero-order valence-corrected chi connectivity index (χ0v) is 11.9. The Morgan fingerprint density at radius 1 is 0.882 bits per heavy atom. The van der Waals surface area contributed by atoms with E-state index in [1.165, 1.54) is 51.5 Å². The zero-order valence-electron chi connectivity index (χ0n) is 11.9. The third-order valence-corrected chi connectivity index (χ3v) is 3.04. The second kappa shape index (κ2) is 11.9. The Bertz CT molecular complexity index is 181. The van der Waals surface area contributed by atoms with E-state index in [4.69, 9.17) is 0 Å². The summed E-state index contributed by atoms with van der Waals surface area (Å²) in [6, 6.07) is 0. The van der Waals surface area contributed by atoms with E-state index in [0.717, 1.165) is 6.42 Å². The highest BCUT2D eigenvalue weighted by Gasteiger charge is 1.97. The molecule has 0 fully saturated rings. The van der Waals surface area contributed by atoms with Gasteiger partial charge in [0.05, 0.1) is 0 Å². The number of rotatable bonds is 11. The van der Waals surface area contributed by atoms with Crippen molar-refractivity contribution in [2.45, 2.75) is 57.8 Å². The number of carbonyl (C=O) groups is 1. The molecule has 0 bridgehead atoms. The Morgan fingerprint density at radius 3 is 1.82 bits per heavy atom. The van der Waals surface area contributed by atoms with Crippen LogP contribution in [0, 0.1) is 0 Å². The number of hydrogen-bond acceptors (Lipinski definition) is 2. The van der Waals surface area contributed by atoms with Crippen molar-refractivity contribution in [2.24, 2.45) is 0 Å². The van der Waals surface area contributed by atoms with E-state index in [1.807, 2.05) is 0 Å². The maximum Gasteiger partial charge on any atom is 0.219 e. The van der Waals surface area contributed by atoms with Gasteiger partial charge in [-0.2, -0.15) is 0 Å². The number of carbonyl (C=O) groups excluding carboxylic acids is 1. The molecule has 0 saturated heterocycles. The summed E-state index contributed by atoms with van der Waals surface area (Å²) in [6.45, 7) is 1.21. The van der Waals surface area contributed by atoms with Gasteiger partial charge in [0.15, 0.2) is 0 Å². The van der Waals surface area contributed by atoms with Crippen LogP contribution in [-0.2, 0) is 4.79 Å². The second-order valence-electron chi connectivity index (χ2n) is 5.05. The summed E-state index contributed by atoms with van der Waals surface area (Å²) in [7, 11) is 5.97. The molecule has 0 aromatic rings. The molecule has 17 heavy (non-hydrogen) atoms. The lowest BCUT2D eigenvalue weighted by atomic mass is 10.1. The summed E-state index contributed by atoms with van der Waals surface area (Å²) in [5.41, 5.74) is 0. The fourth-order valence-electron chi connectivity index (χ4n) is 1.90. The van der Waals surface area contributed by atoms with Crippen molar-refractivity contribution in [3.63, 3.8) is 0 Å². The molecular weight excluding hydrogens is 212 g/mol. The van der Waals surface area contributed by atoms with E-state index in [9.17, 15) is 4.79 Å². The van der Waals surface area contributed by atoms with E-state index >= 15 is 0 Å². The molecule has 0 heterocycles. The van der Waals surface area contributed by atoms with E-state index in [0.29, 0.717) is 6.42 Å². The van der Waals surface area contributed by atoms with Gasteiger partial charge in [0.1, 0.15) is 0 Å². The standard InChI is InChI=1S/C14H30N2O/c1-15-14(17)12-10-8-6-4-5-7-9-11-13-16(2)3/h4-13H2,1-3H3,(H,15,17). The molecule has 0 atom stereocenters. The van der Waals surface area contributed by atoms with E-state index in [-0.39, 0.29) is 5.91 Å². The highest BCUT2D eigenvalue weighted by Crippen LogP contribution is 2.09. The van der Waals surface area contributed by atoms with Gasteiger partial charge in [0.2, 0.25) is 5.91 Å². The van der Waals surface area contributed by atoms with Gasteiger partial charge in [-0.05, 0) is 33.5 Å². The van der Waals surface area contributed by atoms with Gasteiger partial charge in [0, 0.05) is 13.5 Å². The molecule has 0 saturated carbocycles. The average molecular weight is 242 g/mol. The molecule has 1 N–H and O–H groups in total. The van der Waals surface area contributed by atoms with Crippen LogP contribution < -0.4 is 5.32 Å². The summed E-state index contributed by atoms with van der Waals surface area (Å²) in [5.74, 6) is 0.175. The first kappa shape index (κ1) is 16.4. The van der Waals surface area contributed by atoms with Gasteiger partial charge < -0.3 is 10.2 Å². The first-order chi connectivity index (χ1) is 8.16. The Labute approximate surface area is 107 Å². The molecule has 0 aliphatic rings. The number of hydrogen-bond donors (Lipinski definition) is 1. The highest BCUT2D eigenvalue weighted by molar-refractivity contribution is 5.75. The lowest BCUT2D eigenvalue weighted by Gasteiger charge is -2.08. The van der Waals surface area contributed by atoms with Crippen LogP contribution in [0.1, 0.15) is 57.8 Å². The quantitative estimate of drug-likeness (QED) is 0.565. The van der Waals surface area contributed by atoms with Crippen molar-refractivity contribution >= 4 is 5.91 Å². The molecule has 3 nitrogen and oxygen atoms in total. The Morgan fingerprint density at radius 2 is 1.35 bits per heavy atom. The molecule has 0 aromatic carbocycles. The maximum absolute atomic E-state index is 11.0. The molecular formula is C14H30N2O. The molecule has 0 unspecified atom stereocenters. The Hall–Kier alpha value is -0.570. The molecule has 0 spiro atoms. The molecule has 0 rings (SSSR count). The van der Waals surface area contributed by atoms with Gasteiger partial charge in [-0.1, -0.05) is 38.5 Å². The summed E-state index contributed by atoms with van der Waals surface area (Å²) in [6.07, 6.45) is 10.9. The zero-order chi connectivity index (χ0) is 12.9. The van der Waals surface area contributed by atoms with Crippen molar-refractivity contribution in [2.75, 3.05) is 27.7 Å². The second-order valence-corrected chi connectivity index (χ2v) is 5.05. The van der Waals surface area contributed by atoms with Crippen LogP contribution in [-0.4, -0.2) is 38.5 Å². The van der Waals surface area contributed by atoms with Crippen molar-refractivity contribution < 1.29 is 4.79 Å². The number of nitrogens with one attached hydrogen (secondary N) is 1. The summed E-state index contributed by atoms with van der Waals surface area (Å²) in [5, 5.41) is 2.66. The van der Waals surface area contributed by atoms with Gasteiger partial charge >= 0.3 is 0 Å². The maximum atomic E-state index is 11.0. The first-order valence-corrected chi connectivity index (χ1v) is 7.02. The molecule has 0 aromatic heterocycles. The fourth-order valence-corrected chi connectivity index (χ4v) is 1.90. The molecule has 1 amide bonds. The van der Waals surface area contributed by atoms with Gasteiger partial charge in [-0.25, -0.2) is 0 Å². The van der Waals surface area contributed by atoms with Crippen molar-refractivity contribution in [3.05, 3.63) is 0 Å². The third-order valence-electron chi connectivity index (χ3n) is 3.04. The van der Waals surface area contributed by atoms with Crippen LogP contribution in [0.25, 0.3) is 0 Å². The molecule has 0 aliphatic heterocycles. The van der Waals surface area contributed by atoms with Gasteiger partial charge in [-0.3, -0.25) is 4.79 Å². The lowest BCUT2D eigenvalue weighted by Crippen LogP contribution is -2.16. The van der Waals surface area contributed by atoms with Crippen LogP contribution >= 0.6 is 0 Å². The number of unbranched alkanes of at least 4 members (excludes halogenated alkanes) is 7. The monoisotopic (exact) mass is 242 g/mol. The average Bonchev–Trinajstić information content (AvgIpc) is 2.30. The normalized spacial score (nSPS) is 10.8. The molecule has 0 radical (unpaired) electrons. The topological polar surface area (TPSA) is 32.3 Å². The van der Waals surface area contributed by atoms with Crippen LogP contribution in [0.2, 0.25) is 0 Å². The van der Waals surface area contributed by atoms with Crippen LogP contribution in [0.5, 0.6) is 0 Å². The van der Waals surface area contributed by atoms with Crippen LogP contribution in [0.15, 0.2) is 0 Å². The SMILES string of the molecule is CNC(=O)CCCCCCCCCCN(C)C.